The number of anilines is 1. The normalized spacial score (nSPS) is 10.3. The minimum absolute atomic E-state index is 0.0206. The number of rotatable bonds is 4. The van der Waals surface area contributed by atoms with E-state index in [0.29, 0.717) is 12.1 Å². The Balaban J connectivity index is 2.14. The second-order valence-electron chi connectivity index (χ2n) is 4.47. The zero-order valence-corrected chi connectivity index (χ0v) is 11.8. The maximum absolute atomic E-state index is 12.4. The molecule has 2 rings (SSSR count). The van der Waals surface area contributed by atoms with Gasteiger partial charge in [0.1, 0.15) is 0 Å². The Hall–Kier alpha value is -1.85. The first kappa shape index (κ1) is 13.6. The van der Waals surface area contributed by atoms with Crippen LogP contribution in [0, 0.1) is 6.92 Å². The first-order valence-electron chi connectivity index (χ1n) is 5.95. The van der Waals surface area contributed by atoms with Crippen molar-refractivity contribution in [3.8, 4) is 0 Å². The van der Waals surface area contributed by atoms with Crippen LogP contribution in [-0.2, 0) is 6.54 Å². The van der Waals surface area contributed by atoms with E-state index in [-0.39, 0.29) is 5.91 Å². The molecule has 0 aliphatic carbocycles. The molecule has 0 radical (unpaired) electrons. The fraction of sp³-hybridized carbons (Fsp3) is 0.214. The molecule has 5 heteroatoms. The maximum Gasteiger partial charge on any atom is 0.254 e. The smallest absolute Gasteiger partial charge is 0.254 e. The SMILES string of the molecule is Cc1cc(NN)ccc1C(=O)N(C)Cc1ccsc1. The summed E-state index contributed by atoms with van der Waals surface area (Å²) in [5.41, 5.74) is 6.15. The second-order valence-corrected chi connectivity index (χ2v) is 5.25. The second kappa shape index (κ2) is 5.86. The van der Waals surface area contributed by atoms with Crippen LogP contribution in [-0.4, -0.2) is 17.9 Å². The minimum atomic E-state index is 0.0206. The van der Waals surface area contributed by atoms with Crippen LogP contribution in [0.5, 0.6) is 0 Å². The van der Waals surface area contributed by atoms with Crippen molar-refractivity contribution in [2.75, 3.05) is 12.5 Å². The molecule has 3 N–H and O–H groups in total. The van der Waals surface area contributed by atoms with Crippen LogP contribution in [0.25, 0.3) is 0 Å². The highest BCUT2D eigenvalue weighted by molar-refractivity contribution is 7.07. The van der Waals surface area contributed by atoms with E-state index in [0.717, 1.165) is 16.8 Å². The van der Waals surface area contributed by atoms with E-state index < -0.39 is 0 Å². The van der Waals surface area contributed by atoms with Gasteiger partial charge in [-0.15, -0.1) is 0 Å². The molecule has 4 nitrogen and oxygen atoms in total. The van der Waals surface area contributed by atoms with E-state index in [2.05, 4.69) is 10.8 Å². The third-order valence-electron chi connectivity index (χ3n) is 2.97. The van der Waals surface area contributed by atoms with Gasteiger partial charge in [-0.05, 0) is 53.1 Å². The molecule has 0 unspecified atom stereocenters. The van der Waals surface area contributed by atoms with Gasteiger partial charge in [-0.3, -0.25) is 10.6 Å². The molecule has 0 spiro atoms. The topological polar surface area (TPSA) is 58.4 Å². The molecule has 0 atom stereocenters. The summed E-state index contributed by atoms with van der Waals surface area (Å²) in [6.45, 7) is 2.53. The first-order chi connectivity index (χ1) is 9.11. The summed E-state index contributed by atoms with van der Waals surface area (Å²) in [5.74, 6) is 5.37. The molecule has 0 fully saturated rings. The van der Waals surface area contributed by atoms with Gasteiger partial charge < -0.3 is 10.3 Å². The number of nitrogens with two attached hydrogens (primary N) is 1. The highest BCUT2D eigenvalue weighted by Crippen LogP contribution is 2.17. The van der Waals surface area contributed by atoms with E-state index in [9.17, 15) is 4.79 Å². The van der Waals surface area contributed by atoms with E-state index in [1.807, 2.05) is 31.5 Å². The molecule has 2 aromatic rings. The maximum atomic E-state index is 12.4. The molecule has 1 amide bonds. The van der Waals surface area contributed by atoms with Gasteiger partial charge in [0, 0.05) is 24.8 Å². The van der Waals surface area contributed by atoms with E-state index >= 15 is 0 Å². The van der Waals surface area contributed by atoms with Crippen molar-refractivity contribution in [3.63, 3.8) is 0 Å². The first-order valence-corrected chi connectivity index (χ1v) is 6.90. The number of benzene rings is 1. The van der Waals surface area contributed by atoms with Gasteiger partial charge in [-0.25, -0.2) is 0 Å². The number of aryl methyl sites for hydroxylation is 1. The van der Waals surface area contributed by atoms with E-state index in [1.54, 1.807) is 28.4 Å². The van der Waals surface area contributed by atoms with Crippen LogP contribution in [0.2, 0.25) is 0 Å². The summed E-state index contributed by atoms with van der Waals surface area (Å²) >= 11 is 1.64. The summed E-state index contributed by atoms with van der Waals surface area (Å²) in [4.78, 5) is 14.1. The van der Waals surface area contributed by atoms with Crippen LogP contribution >= 0.6 is 11.3 Å². The molecule has 1 aromatic heterocycles. The highest BCUT2D eigenvalue weighted by atomic mass is 32.1. The molecule has 0 bridgehead atoms. The van der Waals surface area contributed by atoms with Crippen LogP contribution in [0.4, 0.5) is 5.69 Å². The molecule has 1 aromatic carbocycles. The monoisotopic (exact) mass is 275 g/mol. The lowest BCUT2D eigenvalue weighted by molar-refractivity contribution is 0.0784. The number of nitrogens with one attached hydrogen (secondary N) is 1. The molecule has 100 valence electrons. The van der Waals surface area contributed by atoms with Crippen LogP contribution < -0.4 is 11.3 Å². The average Bonchev–Trinajstić information content (AvgIpc) is 2.90. The number of hydrogen-bond donors (Lipinski definition) is 2. The average molecular weight is 275 g/mol. The van der Waals surface area contributed by atoms with Crippen LogP contribution in [0.3, 0.4) is 0 Å². The standard InChI is InChI=1S/C14H17N3OS/c1-10-7-12(16-15)3-4-13(10)14(18)17(2)8-11-5-6-19-9-11/h3-7,9,16H,8,15H2,1-2H3. The van der Waals surface area contributed by atoms with Crippen molar-refractivity contribution in [2.45, 2.75) is 13.5 Å². The van der Waals surface area contributed by atoms with Crippen molar-refractivity contribution >= 4 is 22.9 Å². The summed E-state index contributed by atoms with van der Waals surface area (Å²) in [5, 5.41) is 4.07. The van der Waals surface area contributed by atoms with Crippen LogP contribution in [0.1, 0.15) is 21.5 Å². The van der Waals surface area contributed by atoms with Gasteiger partial charge in [-0.2, -0.15) is 11.3 Å². The molecule has 1 heterocycles. The lowest BCUT2D eigenvalue weighted by atomic mass is 10.1. The summed E-state index contributed by atoms with van der Waals surface area (Å²) in [6, 6.07) is 7.50. The Morgan fingerprint density at radius 3 is 2.79 bits per heavy atom. The number of amides is 1. The van der Waals surface area contributed by atoms with Gasteiger partial charge >= 0.3 is 0 Å². The summed E-state index contributed by atoms with van der Waals surface area (Å²) in [7, 11) is 1.81. The molecular weight excluding hydrogens is 258 g/mol. The van der Waals surface area contributed by atoms with Crippen LogP contribution in [0.15, 0.2) is 35.0 Å². The molecule has 0 aliphatic heterocycles. The number of carbonyl (C=O) groups is 1. The zero-order valence-electron chi connectivity index (χ0n) is 11.0. The van der Waals surface area contributed by atoms with Crippen molar-refractivity contribution in [1.29, 1.82) is 0 Å². The fourth-order valence-electron chi connectivity index (χ4n) is 1.93. The Morgan fingerprint density at radius 1 is 1.42 bits per heavy atom. The molecule has 0 saturated heterocycles. The molecule has 19 heavy (non-hydrogen) atoms. The van der Waals surface area contributed by atoms with Gasteiger partial charge in [-0.1, -0.05) is 0 Å². The number of hydrogen-bond acceptors (Lipinski definition) is 4. The van der Waals surface area contributed by atoms with E-state index in [1.165, 1.54) is 0 Å². The Labute approximate surface area is 116 Å². The van der Waals surface area contributed by atoms with Gasteiger partial charge in [0.2, 0.25) is 0 Å². The van der Waals surface area contributed by atoms with Gasteiger partial charge in [0.25, 0.3) is 5.91 Å². The zero-order chi connectivity index (χ0) is 13.8. The fourth-order valence-corrected chi connectivity index (χ4v) is 2.59. The quantitative estimate of drug-likeness (QED) is 0.666. The lowest BCUT2D eigenvalue weighted by Crippen LogP contribution is -2.26. The largest absolute Gasteiger partial charge is 0.337 e. The minimum Gasteiger partial charge on any atom is -0.337 e. The summed E-state index contributed by atoms with van der Waals surface area (Å²) in [6.07, 6.45) is 0. The van der Waals surface area contributed by atoms with Gasteiger partial charge in [0.15, 0.2) is 0 Å². The Morgan fingerprint density at radius 2 is 2.21 bits per heavy atom. The number of thiophene rings is 1. The Kier molecular flexibility index (Phi) is 4.19. The lowest BCUT2D eigenvalue weighted by Gasteiger charge is -2.18. The number of carbonyl (C=O) groups excluding carboxylic acids is 1. The highest BCUT2D eigenvalue weighted by Gasteiger charge is 2.14. The van der Waals surface area contributed by atoms with Crippen molar-refractivity contribution in [3.05, 3.63) is 51.7 Å². The molecule has 0 saturated carbocycles. The number of nitrogen functional groups attached to an aromatic ring is 1. The predicted octanol–water partition coefficient (Wildman–Crippen LogP) is 2.61. The molecular formula is C14H17N3OS. The number of hydrazine groups is 1. The predicted molar refractivity (Wildman–Crippen MR) is 79.1 cm³/mol. The molecule has 0 aliphatic rings. The third kappa shape index (κ3) is 3.13. The van der Waals surface area contributed by atoms with Crippen molar-refractivity contribution in [2.24, 2.45) is 5.84 Å². The Bertz CT molecular complexity index is 566. The third-order valence-corrected chi connectivity index (χ3v) is 3.70. The van der Waals surface area contributed by atoms with Gasteiger partial charge in [0.05, 0.1) is 0 Å². The van der Waals surface area contributed by atoms with E-state index in [4.69, 9.17) is 5.84 Å². The summed E-state index contributed by atoms with van der Waals surface area (Å²) < 4.78 is 0. The van der Waals surface area contributed by atoms with Crippen molar-refractivity contribution < 1.29 is 4.79 Å². The number of nitrogens with zero attached hydrogens (tertiary/aromatic N) is 1. The van der Waals surface area contributed by atoms with Crippen molar-refractivity contribution in [1.82, 2.24) is 4.90 Å².